The summed E-state index contributed by atoms with van der Waals surface area (Å²) < 4.78 is 12.1. The van der Waals surface area contributed by atoms with Crippen molar-refractivity contribution in [2.24, 2.45) is 5.73 Å². The largest absolute Gasteiger partial charge is 0.497 e. The number of nitrogens with two attached hydrogens (primary N) is 1. The molecular weight excluding hydrogens is 376 g/mol. The molecule has 2 amide bonds. The number of benzene rings is 2. The van der Waals surface area contributed by atoms with Gasteiger partial charge in [-0.25, -0.2) is 4.79 Å². The number of hydrogen-bond donors (Lipinski definition) is 1. The molecule has 2 N–H and O–H groups in total. The molecule has 0 spiro atoms. The first-order chi connectivity index (χ1) is 14.6. The summed E-state index contributed by atoms with van der Waals surface area (Å²) in [7, 11) is 1.69. The van der Waals surface area contributed by atoms with Crippen LogP contribution >= 0.6 is 0 Å². The van der Waals surface area contributed by atoms with Gasteiger partial charge >= 0.3 is 6.03 Å². The van der Waals surface area contributed by atoms with E-state index in [4.69, 9.17) is 15.2 Å². The number of fused-ring (bicyclic) bond motifs is 1. The Morgan fingerprint density at radius 2 is 2.07 bits per heavy atom. The van der Waals surface area contributed by atoms with Gasteiger partial charge in [0.1, 0.15) is 11.4 Å². The molecule has 160 valence electrons. The highest BCUT2D eigenvalue weighted by Crippen LogP contribution is 2.47. The van der Waals surface area contributed by atoms with E-state index in [-0.39, 0.29) is 12.1 Å². The highest BCUT2D eigenvalue weighted by atomic mass is 16.5. The number of carbonyl (C=O) groups excluding carboxylic acids is 1. The van der Waals surface area contributed by atoms with E-state index in [0.29, 0.717) is 6.61 Å². The lowest BCUT2D eigenvalue weighted by atomic mass is 9.81. The summed E-state index contributed by atoms with van der Waals surface area (Å²) >= 11 is 0. The summed E-state index contributed by atoms with van der Waals surface area (Å²) in [6.45, 7) is 1.37. The Kier molecular flexibility index (Phi) is 6.28. The van der Waals surface area contributed by atoms with Crippen molar-refractivity contribution in [2.75, 3.05) is 20.3 Å². The average molecular weight is 409 g/mol. The van der Waals surface area contributed by atoms with Crippen LogP contribution in [-0.4, -0.2) is 37.2 Å². The van der Waals surface area contributed by atoms with Crippen LogP contribution in [0.25, 0.3) is 0 Å². The molecule has 5 heteroatoms. The maximum absolute atomic E-state index is 12.2. The van der Waals surface area contributed by atoms with Gasteiger partial charge in [-0.05, 0) is 73.8 Å². The summed E-state index contributed by atoms with van der Waals surface area (Å²) in [5.41, 5.74) is 9.14. The van der Waals surface area contributed by atoms with Gasteiger partial charge in [-0.15, -0.1) is 0 Å². The number of nitrogens with zero attached hydrogens (tertiary/aromatic N) is 1. The zero-order valence-electron chi connectivity index (χ0n) is 17.8. The van der Waals surface area contributed by atoms with Gasteiger partial charge in [0.2, 0.25) is 0 Å². The molecule has 2 aromatic carbocycles. The third-order valence-corrected chi connectivity index (χ3v) is 6.67. The molecule has 1 aliphatic heterocycles. The molecule has 0 bridgehead atoms. The average Bonchev–Trinajstić information content (AvgIpc) is 3.16. The summed E-state index contributed by atoms with van der Waals surface area (Å²) in [6.07, 6.45) is 6.78. The second-order valence-corrected chi connectivity index (χ2v) is 8.39. The summed E-state index contributed by atoms with van der Waals surface area (Å²) in [5, 5.41) is 0. The number of rotatable bonds is 7. The predicted octanol–water partition coefficient (Wildman–Crippen LogP) is 4.42. The van der Waals surface area contributed by atoms with E-state index in [2.05, 4.69) is 36.4 Å². The maximum atomic E-state index is 12.2. The van der Waals surface area contributed by atoms with Crippen LogP contribution in [0.5, 0.6) is 5.75 Å². The topological polar surface area (TPSA) is 64.8 Å². The minimum atomic E-state index is -0.458. The van der Waals surface area contributed by atoms with Gasteiger partial charge in [0.05, 0.1) is 13.2 Å². The van der Waals surface area contributed by atoms with E-state index in [1.807, 2.05) is 17.0 Å². The highest BCUT2D eigenvalue weighted by Gasteiger charge is 2.49. The molecule has 0 radical (unpaired) electrons. The van der Waals surface area contributed by atoms with E-state index < -0.39 is 5.60 Å². The van der Waals surface area contributed by atoms with Crippen LogP contribution in [0, 0.1) is 0 Å². The van der Waals surface area contributed by atoms with E-state index in [0.717, 1.165) is 57.2 Å². The lowest BCUT2D eigenvalue weighted by molar-refractivity contribution is -0.108. The molecule has 1 aliphatic carbocycles. The van der Waals surface area contributed by atoms with Gasteiger partial charge in [-0.3, -0.25) is 0 Å². The predicted molar refractivity (Wildman–Crippen MR) is 118 cm³/mol. The van der Waals surface area contributed by atoms with Gasteiger partial charge in [-0.2, -0.15) is 0 Å². The van der Waals surface area contributed by atoms with Crippen LogP contribution in [-0.2, 0) is 23.2 Å². The SMILES string of the molecule is COc1cccc(CCCOC2(C3CCCCN3C(N)=O)CCc3ccccc32)c1. The van der Waals surface area contributed by atoms with Crippen molar-refractivity contribution >= 4 is 6.03 Å². The number of amides is 2. The number of primary amides is 1. The van der Waals surface area contributed by atoms with Crippen LogP contribution < -0.4 is 10.5 Å². The number of likely N-dealkylation sites (tertiary alicyclic amines) is 1. The summed E-state index contributed by atoms with van der Waals surface area (Å²) in [4.78, 5) is 14.1. The second kappa shape index (κ2) is 9.09. The second-order valence-electron chi connectivity index (χ2n) is 8.39. The van der Waals surface area contributed by atoms with E-state index in [1.165, 1.54) is 16.7 Å². The van der Waals surface area contributed by atoms with Crippen molar-refractivity contribution in [1.82, 2.24) is 4.90 Å². The van der Waals surface area contributed by atoms with E-state index in [1.54, 1.807) is 7.11 Å². The Bertz CT molecular complexity index is 884. The van der Waals surface area contributed by atoms with Crippen LogP contribution in [0.3, 0.4) is 0 Å². The quantitative estimate of drug-likeness (QED) is 0.690. The minimum absolute atomic E-state index is 0.00391. The number of methoxy groups -OCH3 is 1. The molecule has 0 saturated carbocycles. The molecule has 2 atom stereocenters. The molecule has 2 aromatic rings. The Morgan fingerprint density at radius 3 is 2.90 bits per heavy atom. The number of carbonyl (C=O) groups is 1. The number of hydrogen-bond acceptors (Lipinski definition) is 3. The van der Waals surface area contributed by atoms with Gasteiger partial charge < -0.3 is 20.1 Å². The Labute approximate surface area is 179 Å². The molecule has 4 rings (SSSR count). The Balaban J connectivity index is 1.52. The van der Waals surface area contributed by atoms with Gasteiger partial charge in [-0.1, -0.05) is 36.4 Å². The van der Waals surface area contributed by atoms with Crippen LogP contribution in [0.1, 0.15) is 48.8 Å². The Morgan fingerprint density at radius 1 is 1.20 bits per heavy atom. The number of piperidine rings is 1. The zero-order chi connectivity index (χ0) is 21.0. The van der Waals surface area contributed by atoms with Crippen molar-refractivity contribution < 1.29 is 14.3 Å². The smallest absolute Gasteiger partial charge is 0.315 e. The lowest BCUT2D eigenvalue weighted by Crippen LogP contribution is -2.57. The maximum Gasteiger partial charge on any atom is 0.315 e. The molecule has 2 unspecified atom stereocenters. The monoisotopic (exact) mass is 408 g/mol. The number of urea groups is 1. The van der Waals surface area contributed by atoms with Crippen LogP contribution in [0.2, 0.25) is 0 Å². The van der Waals surface area contributed by atoms with Crippen molar-refractivity contribution in [3.63, 3.8) is 0 Å². The highest BCUT2D eigenvalue weighted by molar-refractivity contribution is 5.73. The first-order valence-electron chi connectivity index (χ1n) is 11.1. The Hall–Kier alpha value is -2.53. The van der Waals surface area contributed by atoms with Crippen molar-refractivity contribution in [3.05, 3.63) is 65.2 Å². The van der Waals surface area contributed by atoms with E-state index in [9.17, 15) is 4.79 Å². The van der Waals surface area contributed by atoms with Gasteiger partial charge in [0, 0.05) is 13.2 Å². The summed E-state index contributed by atoms with van der Waals surface area (Å²) in [5.74, 6) is 0.883. The fraction of sp³-hybridized carbons (Fsp3) is 0.480. The number of ether oxygens (including phenoxy) is 2. The molecular formula is C25H32N2O3. The number of aryl methyl sites for hydroxylation is 2. The van der Waals surface area contributed by atoms with E-state index >= 15 is 0 Å². The zero-order valence-corrected chi connectivity index (χ0v) is 17.8. The van der Waals surface area contributed by atoms with Crippen molar-refractivity contribution in [2.45, 2.75) is 56.6 Å². The molecule has 1 saturated heterocycles. The third kappa shape index (κ3) is 4.04. The first-order valence-corrected chi connectivity index (χ1v) is 11.1. The minimum Gasteiger partial charge on any atom is -0.497 e. The standard InChI is InChI=1S/C25H32N2O3/c1-29-21-11-6-8-19(18-21)9-7-17-30-25(15-14-20-10-2-3-12-22(20)25)23-13-4-5-16-27(23)24(26)28/h2-3,6,8,10-12,18,23H,4-5,7,9,13-17H2,1H3,(H2,26,28). The molecule has 1 heterocycles. The third-order valence-electron chi connectivity index (χ3n) is 6.67. The summed E-state index contributed by atoms with van der Waals surface area (Å²) in [6, 6.07) is 16.4. The fourth-order valence-electron chi connectivity index (χ4n) is 5.24. The van der Waals surface area contributed by atoms with Gasteiger partial charge in [0.15, 0.2) is 0 Å². The van der Waals surface area contributed by atoms with Gasteiger partial charge in [0.25, 0.3) is 0 Å². The van der Waals surface area contributed by atoms with Crippen LogP contribution in [0.4, 0.5) is 4.79 Å². The molecule has 30 heavy (non-hydrogen) atoms. The lowest BCUT2D eigenvalue weighted by Gasteiger charge is -2.46. The van der Waals surface area contributed by atoms with Crippen LogP contribution in [0.15, 0.2) is 48.5 Å². The first kappa shape index (κ1) is 20.7. The van der Waals surface area contributed by atoms with Crippen molar-refractivity contribution in [3.8, 4) is 5.75 Å². The normalized spacial score (nSPS) is 23.2. The molecule has 5 nitrogen and oxygen atoms in total. The molecule has 2 aliphatic rings. The fourth-order valence-corrected chi connectivity index (χ4v) is 5.24. The molecule has 1 fully saturated rings. The van der Waals surface area contributed by atoms with Crippen molar-refractivity contribution in [1.29, 1.82) is 0 Å². The molecule has 0 aromatic heterocycles.